The average Bonchev–Trinajstić information content (AvgIpc) is 2.28. The molecule has 0 saturated carbocycles. The highest BCUT2D eigenvalue weighted by molar-refractivity contribution is 5.01. The van der Waals surface area contributed by atoms with Gasteiger partial charge < -0.3 is 15.7 Å². The summed E-state index contributed by atoms with van der Waals surface area (Å²) >= 11 is 0. The molecular formula is C13H24N2O. The first-order valence-electron chi connectivity index (χ1n) is 6.30. The molecule has 0 spiro atoms. The maximum absolute atomic E-state index is 9.46. The normalized spacial score (nSPS) is 20.9. The first kappa shape index (κ1) is 13.5. The van der Waals surface area contributed by atoms with Crippen molar-refractivity contribution in [2.45, 2.75) is 51.2 Å². The van der Waals surface area contributed by atoms with Gasteiger partial charge in [0, 0.05) is 12.6 Å². The number of piperidine rings is 1. The lowest BCUT2D eigenvalue weighted by Crippen LogP contribution is -2.40. The highest BCUT2D eigenvalue weighted by Gasteiger charge is 2.14. The first-order valence-corrected chi connectivity index (χ1v) is 6.30. The van der Waals surface area contributed by atoms with Crippen molar-refractivity contribution in [2.75, 3.05) is 19.6 Å². The summed E-state index contributed by atoms with van der Waals surface area (Å²) in [5, 5.41) is 9.46. The van der Waals surface area contributed by atoms with Crippen LogP contribution in [0.15, 0.2) is 0 Å². The molecule has 2 atom stereocenters. The quantitative estimate of drug-likeness (QED) is 0.684. The van der Waals surface area contributed by atoms with E-state index in [2.05, 4.69) is 16.7 Å². The summed E-state index contributed by atoms with van der Waals surface area (Å²) in [4.78, 5) is 2.44. The van der Waals surface area contributed by atoms with Crippen LogP contribution in [-0.4, -0.2) is 41.8 Å². The Morgan fingerprint density at radius 3 is 2.56 bits per heavy atom. The molecule has 3 nitrogen and oxygen atoms in total. The van der Waals surface area contributed by atoms with Crippen molar-refractivity contribution in [2.24, 2.45) is 5.73 Å². The third kappa shape index (κ3) is 5.50. The van der Waals surface area contributed by atoms with E-state index in [1.54, 1.807) is 6.92 Å². The van der Waals surface area contributed by atoms with E-state index in [1.165, 1.54) is 32.4 Å². The molecule has 92 valence electrons. The van der Waals surface area contributed by atoms with E-state index >= 15 is 0 Å². The third-order valence-corrected chi connectivity index (χ3v) is 3.06. The standard InChI is InChI=1S/C13H24N2O/c1-2-6-13(16)8-7-12(14)11-15-9-4-3-5-10-15/h12-13,16H,3-5,7-11,14H2,1H3. The van der Waals surface area contributed by atoms with Crippen LogP contribution in [0.1, 0.15) is 39.0 Å². The number of hydrogen-bond acceptors (Lipinski definition) is 3. The molecule has 0 amide bonds. The minimum atomic E-state index is -0.502. The van der Waals surface area contributed by atoms with Crippen LogP contribution >= 0.6 is 0 Å². The lowest BCUT2D eigenvalue weighted by Gasteiger charge is -2.29. The summed E-state index contributed by atoms with van der Waals surface area (Å²) in [5.41, 5.74) is 6.05. The summed E-state index contributed by atoms with van der Waals surface area (Å²) in [6.45, 7) is 5.08. The van der Waals surface area contributed by atoms with E-state index in [1.807, 2.05) is 0 Å². The lowest BCUT2D eigenvalue weighted by molar-refractivity contribution is 0.191. The topological polar surface area (TPSA) is 49.5 Å². The third-order valence-electron chi connectivity index (χ3n) is 3.06. The summed E-state index contributed by atoms with van der Waals surface area (Å²) in [7, 11) is 0. The van der Waals surface area contributed by atoms with Crippen molar-refractivity contribution in [3.05, 3.63) is 0 Å². The van der Waals surface area contributed by atoms with Gasteiger partial charge in [0.05, 0.1) is 0 Å². The molecule has 1 heterocycles. The number of nitrogens with zero attached hydrogens (tertiary/aromatic N) is 1. The smallest absolute Gasteiger partial charge is 0.114 e. The molecule has 1 rings (SSSR count). The van der Waals surface area contributed by atoms with E-state index in [-0.39, 0.29) is 6.04 Å². The first-order chi connectivity index (χ1) is 7.72. The Morgan fingerprint density at radius 2 is 1.94 bits per heavy atom. The van der Waals surface area contributed by atoms with Gasteiger partial charge in [-0.3, -0.25) is 0 Å². The number of aliphatic hydroxyl groups is 1. The Labute approximate surface area is 99.0 Å². The van der Waals surface area contributed by atoms with Crippen LogP contribution in [-0.2, 0) is 0 Å². The Morgan fingerprint density at radius 1 is 1.25 bits per heavy atom. The molecule has 1 aliphatic rings. The van der Waals surface area contributed by atoms with E-state index in [0.29, 0.717) is 6.42 Å². The van der Waals surface area contributed by atoms with Gasteiger partial charge in [0.15, 0.2) is 0 Å². The van der Waals surface area contributed by atoms with E-state index in [4.69, 9.17) is 5.73 Å². The molecule has 0 radical (unpaired) electrons. The summed E-state index contributed by atoms with van der Waals surface area (Å²) < 4.78 is 0. The number of rotatable bonds is 5. The fourth-order valence-electron chi connectivity index (χ4n) is 2.18. The number of likely N-dealkylation sites (tertiary alicyclic amines) is 1. The van der Waals surface area contributed by atoms with Crippen molar-refractivity contribution in [3.8, 4) is 11.8 Å². The van der Waals surface area contributed by atoms with Gasteiger partial charge in [-0.2, -0.15) is 0 Å². The molecule has 0 aromatic carbocycles. The zero-order chi connectivity index (χ0) is 11.8. The molecule has 3 N–H and O–H groups in total. The van der Waals surface area contributed by atoms with Crippen LogP contribution in [0.2, 0.25) is 0 Å². The second-order valence-corrected chi connectivity index (χ2v) is 4.61. The van der Waals surface area contributed by atoms with Gasteiger partial charge in [-0.15, -0.1) is 5.92 Å². The van der Waals surface area contributed by atoms with Gasteiger partial charge in [-0.05, 0) is 45.7 Å². The van der Waals surface area contributed by atoms with Crippen LogP contribution in [0.3, 0.4) is 0 Å². The van der Waals surface area contributed by atoms with E-state index < -0.39 is 6.10 Å². The van der Waals surface area contributed by atoms with Crippen LogP contribution in [0, 0.1) is 11.8 Å². The molecule has 0 bridgehead atoms. The fraction of sp³-hybridized carbons (Fsp3) is 0.846. The van der Waals surface area contributed by atoms with Gasteiger partial charge in [0.1, 0.15) is 6.10 Å². The summed E-state index contributed by atoms with van der Waals surface area (Å²) in [6, 6.07) is 0.173. The van der Waals surface area contributed by atoms with Crippen LogP contribution in [0.25, 0.3) is 0 Å². The predicted octanol–water partition coefficient (Wildman–Crippen LogP) is 0.964. The van der Waals surface area contributed by atoms with Crippen molar-refractivity contribution in [1.82, 2.24) is 4.90 Å². The van der Waals surface area contributed by atoms with Gasteiger partial charge in [0.25, 0.3) is 0 Å². The predicted molar refractivity (Wildman–Crippen MR) is 67.0 cm³/mol. The SMILES string of the molecule is CC#CC(O)CCC(N)CN1CCCCC1. The van der Waals surface area contributed by atoms with E-state index in [0.717, 1.165) is 13.0 Å². The fourth-order valence-corrected chi connectivity index (χ4v) is 2.18. The second-order valence-electron chi connectivity index (χ2n) is 4.61. The highest BCUT2D eigenvalue weighted by atomic mass is 16.3. The average molecular weight is 224 g/mol. The molecule has 0 aromatic rings. The molecular weight excluding hydrogens is 200 g/mol. The van der Waals surface area contributed by atoms with Crippen molar-refractivity contribution >= 4 is 0 Å². The minimum absolute atomic E-state index is 0.173. The zero-order valence-electron chi connectivity index (χ0n) is 10.3. The Kier molecular flexibility index (Phi) is 6.47. The summed E-state index contributed by atoms with van der Waals surface area (Å²) in [6.07, 6.45) is 5.00. The monoisotopic (exact) mass is 224 g/mol. The van der Waals surface area contributed by atoms with Gasteiger partial charge >= 0.3 is 0 Å². The Hall–Kier alpha value is -0.560. The van der Waals surface area contributed by atoms with E-state index in [9.17, 15) is 5.11 Å². The van der Waals surface area contributed by atoms with Crippen molar-refractivity contribution in [3.63, 3.8) is 0 Å². The minimum Gasteiger partial charge on any atom is -0.380 e. The van der Waals surface area contributed by atoms with Crippen LogP contribution in [0.5, 0.6) is 0 Å². The van der Waals surface area contributed by atoms with Crippen molar-refractivity contribution in [1.29, 1.82) is 0 Å². The number of nitrogens with two attached hydrogens (primary N) is 1. The lowest BCUT2D eigenvalue weighted by atomic mass is 10.1. The molecule has 2 unspecified atom stereocenters. The highest BCUT2D eigenvalue weighted by Crippen LogP contribution is 2.10. The maximum atomic E-state index is 9.46. The molecule has 1 saturated heterocycles. The van der Waals surface area contributed by atoms with Gasteiger partial charge in [-0.1, -0.05) is 12.3 Å². The summed E-state index contributed by atoms with van der Waals surface area (Å²) in [5.74, 6) is 5.46. The van der Waals surface area contributed by atoms with Gasteiger partial charge in [-0.25, -0.2) is 0 Å². The molecule has 0 aliphatic carbocycles. The van der Waals surface area contributed by atoms with Crippen molar-refractivity contribution < 1.29 is 5.11 Å². The Balaban J connectivity index is 2.13. The largest absolute Gasteiger partial charge is 0.380 e. The number of hydrogen-bond donors (Lipinski definition) is 2. The maximum Gasteiger partial charge on any atom is 0.114 e. The second kappa shape index (κ2) is 7.67. The van der Waals surface area contributed by atoms with Crippen LogP contribution in [0.4, 0.5) is 0 Å². The number of aliphatic hydroxyl groups excluding tert-OH is 1. The molecule has 3 heteroatoms. The molecule has 0 aromatic heterocycles. The Bertz CT molecular complexity index is 238. The molecule has 16 heavy (non-hydrogen) atoms. The molecule has 1 fully saturated rings. The van der Waals surface area contributed by atoms with Gasteiger partial charge in [0.2, 0.25) is 0 Å². The molecule has 1 aliphatic heterocycles. The van der Waals surface area contributed by atoms with Crippen LogP contribution < -0.4 is 5.73 Å². The zero-order valence-corrected chi connectivity index (χ0v) is 10.3.